The van der Waals surface area contributed by atoms with Crippen molar-refractivity contribution in [1.82, 2.24) is 15.1 Å². The lowest BCUT2D eigenvalue weighted by molar-refractivity contribution is -0.119. The highest BCUT2D eigenvalue weighted by atomic mass is 16.5. The summed E-state index contributed by atoms with van der Waals surface area (Å²) < 4.78 is 13.6. The van der Waals surface area contributed by atoms with Crippen LogP contribution in [-0.4, -0.2) is 34.9 Å². The van der Waals surface area contributed by atoms with E-state index in [1.165, 1.54) is 19.8 Å². The Kier molecular flexibility index (Phi) is 5.43. The summed E-state index contributed by atoms with van der Waals surface area (Å²) in [6.07, 6.45) is 4.59. The highest BCUT2D eigenvalue weighted by Gasteiger charge is 2.22. The van der Waals surface area contributed by atoms with Gasteiger partial charge in [-0.1, -0.05) is 0 Å². The maximum atomic E-state index is 11.1. The molecule has 0 radical (unpaired) electrons. The fraction of sp³-hybridized carbons (Fsp3) is 0.391. The van der Waals surface area contributed by atoms with E-state index in [9.17, 15) is 4.79 Å². The molecule has 4 rings (SSSR count). The molecule has 1 heterocycles. The first-order chi connectivity index (χ1) is 14.0. The number of rotatable bonds is 8. The van der Waals surface area contributed by atoms with Gasteiger partial charge in [0, 0.05) is 24.1 Å². The second-order valence-electron chi connectivity index (χ2n) is 7.86. The molecule has 29 heavy (non-hydrogen) atoms. The molecule has 1 atom stereocenters. The van der Waals surface area contributed by atoms with E-state index >= 15 is 0 Å². The van der Waals surface area contributed by atoms with E-state index in [0.717, 1.165) is 46.2 Å². The molecule has 3 aromatic rings. The topological polar surface area (TPSA) is 65.4 Å². The van der Waals surface area contributed by atoms with Crippen molar-refractivity contribution in [2.45, 2.75) is 39.7 Å². The van der Waals surface area contributed by atoms with Crippen molar-refractivity contribution in [2.75, 3.05) is 13.2 Å². The molecule has 1 fully saturated rings. The highest BCUT2D eigenvalue weighted by molar-refractivity contribution is 5.84. The van der Waals surface area contributed by atoms with Crippen molar-refractivity contribution < 1.29 is 14.3 Å². The van der Waals surface area contributed by atoms with Crippen molar-refractivity contribution in [2.24, 2.45) is 5.92 Å². The number of hydrogen-bond donors (Lipinski definition) is 1. The summed E-state index contributed by atoms with van der Waals surface area (Å²) in [4.78, 5) is 11.1. The van der Waals surface area contributed by atoms with E-state index in [1.54, 1.807) is 0 Å². The summed E-state index contributed by atoms with van der Waals surface area (Å²) in [6.45, 7) is 6.71. The molecule has 1 saturated carbocycles. The van der Waals surface area contributed by atoms with Crippen molar-refractivity contribution in [3.63, 3.8) is 0 Å². The van der Waals surface area contributed by atoms with Gasteiger partial charge in [0.15, 0.2) is 0 Å². The number of nitrogens with zero attached hydrogens (tertiary/aromatic N) is 2. The van der Waals surface area contributed by atoms with Gasteiger partial charge in [0.05, 0.1) is 23.9 Å². The van der Waals surface area contributed by atoms with Gasteiger partial charge < -0.3 is 14.8 Å². The minimum atomic E-state index is -0.0569. The van der Waals surface area contributed by atoms with E-state index in [0.29, 0.717) is 6.61 Å². The molecule has 0 saturated heterocycles. The lowest BCUT2D eigenvalue weighted by atomic mass is 10.1. The SMILES string of the molecule is CC(=O)NC(C)COc1ccc(-n2cc3ccc(OCC4CC4)c(C)c3n2)cc1. The van der Waals surface area contributed by atoms with Gasteiger partial charge in [-0.25, -0.2) is 4.68 Å². The third kappa shape index (κ3) is 4.70. The molecular formula is C23H27N3O3. The number of ether oxygens (including phenoxy) is 2. The zero-order chi connectivity index (χ0) is 20.4. The molecular weight excluding hydrogens is 366 g/mol. The first kappa shape index (κ1) is 19.3. The second-order valence-corrected chi connectivity index (χ2v) is 7.86. The maximum absolute atomic E-state index is 11.1. The van der Waals surface area contributed by atoms with Crippen LogP contribution in [0.2, 0.25) is 0 Å². The number of benzene rings is 2. The fourth-order valence-electron chi connectivity index (χ4n) is 3.29. The Labute approximate surface area is 170 Å². The third-order valence-corrected chi connectivity index (χ3v) is 5.10. The van der Waals surface area contributed by atoms with E-state index in [1.807, 2.05) is 48.1 Å². The van der Waals surface area contributed by atoms with Crippen LogP contribution in [0.25, 0.3) is 16.6 Å². The predicted octanol–water partition coefficient (Wildman–Crippen LogP) is 4.03. The van der Waals surface area contributed by atoms with Crippen LogP contribution in [-0.2, 0) is 4.79 Å². The Morgan fingerprint density at radius 2 is 1.97 bits per heavy atom. The Hall–Kier alpha value is -3.02. The van der Waals surface area contributed by atoms with E-state index < -0.39 is 0 Å². The monoisotopic (exact) mass is 393 g/mol. The molecule has 1 N–H and O–H groups in total. The normalized spacial score (nSPS) is 14.6. The zero-order valence-electron chi connectivity index (χ0n) is 17.1. The van der Waals surface area contributed by atoms with Gasteiger partial charge in [-0.2, -0.15) is 5.10 Å². The van der Waals surface area contributed by atoms with Gasteiger partial charge in [-0.3, -0.25) is 4.79 Å². The number of amides is 1. The summed E-state index contributed by atoms with van der Waals surface area (Å²) in [5.74, 6) is 2.35. The fourth-order valence-corrected chi connectivity index (χ4v) is 3.29. The van der Waals surface area contributed by atoms with Crippen molar-refractivity contribution in [3.8, 4) is 17.2 Å². The lowest BCUT2D eigenvalue weighted by Crippen LogP contribution is -2.35. The second kappa shape index (κ2) is 8.15. The first-order valence-electron chi connectivity index (χ1n) is 10.1. The molecule has 6 heteroatoms. The molecule has 6 nitrogen and oxygen atoms in total. The summed E-state index contributed by atoms with van der Waals surface area (Å²) in [5.41, 5.74) is 3.00. The van der Waals surface area contributed by atoms with Crippen LogP contribution >= 0.6 is 0 Å². The van der Waals surface area contributed by atoms with Crippen LogP contribution in [0.4, 0.5) is 0 Å². The summed E-state index contributed by atoms with van der Waals surface area (Å²) in [7, 11) is 0. The summed E-state index contributed by atoms with van der Waals surface area (Å²) in [6, 6.07) is 11.9. The van der Waals surface area contributed by atoms with Crippen LogP contribution in [0.15, 0.2) is 42.6 Å². The Morgan fingerprint density at radius 1 is 1.21 bits per heavy atom. The Balaban J connectivity index is 1.46. The molecule has 1 aliphatic carbocycles. The number of carbonyl (C=O) groups excluding carboxylic acids is 1. The zero-order valence-corrected chi connectivity index (χ0v) is 17.1. The summed E-state index contributed by atoms with van der Waals surface area (Å²) >= 11 is 0. The van der Waals surface area contributed by atoms with E-state index in [4.69, 9.17) is 14.6 Å². The maximum Gasteiger partial charge on any atom is 0.217 e. The van der Waals surface area contributed by atoms with Crippen LogP contribution in [0.1, 0.15) is 32.3 Å². The lowest BCUT2D eigenvalue weighted by Gasteiger charge is -2.14. The third-order valence-electron chi connectivity index (χ3n) is 5.10. The van der Waals surface area contributed by atoms with Crippen LogP contribution in [0, 0.1) is 12.8 Å². The molecule has 0 spiro atoms. The number of fused-ring (bicyclic) bond motifs is 1. The smallest absolute Gasteiger partial charge is 0.217 e. The molecule has 1 amide bonds. The predicted molar refractivity (Wildman–Crippen MR) is 113 cm³/mol. The molecule has 1 aromatic heterocycles. The number of nitrogens with one attached hydrogen (secondary N) is 1. The Morgan fingerprint density at radius 3 is 2.66 bits per heavy atom. The molecule has 1 aliphatic rings. The number of aryl methyl sites for hydroxylation is 1. The van der Waals surface area contributed by atoms with Crippen LogP contribution in [0.3, 0.4) is 0 Å². The van der Waals surface area contributed by atoms with Crippen LogP contribution in [0.5, 0.6) is 11.5 Å². The largest absolute Gasteiger partial charge is 0.493 e. The first-order valence-corrected chi connectivity index (χ1v) is 10.1. The molecule has 152 valence electrons. The van der Waals surface area contributed by atoms with Gasteiger partial charge in [0.25, 0.3) is 0 Å². The van der Waals surface area contributed by atoms with Gasteiger partial charge in [-0.15, -0.1) is 0 Å². The van der Waals surface area contributed by atoms with Gasteiger partial charge in [-0.05, 0) is 69.0 Å². The number of aromatic nitrogens is 2. The molecule has 0 bridgehead atoms. The van der Waals surface area contributed by atoms with E-state index in [-0.39, 0.29) is 11.9 Å². The van der Waals surface area contributed by atoms with Gasteiger partial charge >= 0.3 is 0 Å². The quantitative estimate of drug-likeness (QED) is 0.628. The molecule has 2 aromatic carbocycles. The van der Waals surface area contributed by atoms with Gasteiger partial charge in [0.2, 0.25) is 5.91 Å². The van der Waals surface area contributed by atoms with E-state index in [2.05, 4.69) is 18.3 Å². The minimum absolute atomic E-state index is 0.0390. The molecule has 0 aliphatic heterocycles. The molecule has 1 unspecified atom stereocenters. The van der Waals surface area contributed by atoms with Gasteiger partial charge in [0.1, 0.15) is 18.1 Å². The average molecular weight is 393 g/mol. The number of carbonyl (C=O) groups is 1. The van der Waals surface area contributed by atoms with Crippen molar-refractivity contribution >= 4 is 16.8 Å². The van der Waals surface area contributed by atoms with Crippen molar-refractivity contribution in [3.05, 3.63) is 48.2 Å². The Bertz CT molecular complexity index is 1010. The standard InChI is InChI=1S/C23H27N3O3/c1-15(24-17(3)27)13-28-21-9-7-20(8-10-21)26-12-19-6-11-22(16(2)23(19)25-26)29-14-18-4-5-18/h6-12,15,18H,4-5,13-14H2,1-3H3,(H,24,27). The number of hydrogen-bond acceptors (Lipinski definition) is 4. The van der Waals surface area contributed by atoms with Crippen LogP contribution < -0.4 is 14.8 Å². The minimum Gasteiger partial charge on any atom is -0.493 e. The van der Waals surface area contributed by atoms with Crippen molar-refractivity contribution in [1.29, 1.82) is 0 Å². The highest BCUT2D eigenvalue weighted by Crippen LogP contribution is 2.32. The average Bonchev–Trinajstić information content (AvgIpc) is 3.42. The summed E-state index contributed by atoms with van der Waals surface area (Å²) in [5, 5.41) is 8.66.